The second-order valence-corrected chi connectivity index (χ2v) is 4.37. The molecule has 1 aliphatic rings. The van der Waals surface area contributed by atoms with Crippen LogP contribution in [-0.2, 0) is 5.54 Å². The Kier molecular flexibility index (Phi) is 1.97. The number of hydrogen-bond donors (Lipinski definition) is 3. The maximum Gasteiger partial charge on any atom is 0.169 e. The molecule has 4 N–H and O–H groups in total. The van der Waals surface area contributed by atoms with E-state index in [1.807, 2.05) is 0 Å². The molecule has 0 amide bonds. The minimum absolute atomic E-state index is 0.0378. The molecule has 1 aromatic rings. The van der Waals surface area contributed by atoms with E-state index in [1.54, 1.807) is 0 Å². The van der Waals surface area contributed by atoms with Gasteiger partial charge in [0.25, 0.3) is 0 Å². The van der Waals surface area contributed by atoms with Crippen LogP contribution in [0, 0.1) is 5.82 Å². The largest absolute Gasteiger partial charge is 0.506 e. The molecule has 0 radical (unpaired) electrons. The van der Waals surface area contributed by atoms with Gasteiger partial charge in [-0.1, -0.05) is 0 Å². The smallest absolute Gasteiger partial charge is 0.169 e. The highest BCUT2D eigenvalue weighted by atomic mass is 79.9. The number of nitrogens with two attached hydrogens (primary N) is 1. The predicted molar refractivity (Wildman–Crippen MR) is 52.5 cm³/mol. The number of halogens is 2. The van der Waals surface area contributed by atoms with Gasteiger partial charge in [-0.2, -0.15) is 0 Å². The van der Waals surface area contributed by atoms with Gasteiger partial charge in [-0.25, -0.2) is 4.39 Å². The van der Waals surface area contributed by atoms with Gasteiger partial charge in [-0.15, -0.1) is 0 Å². The summed E-state index contributed by atoms with van der Waals surface area (Å²) in [5.41, 5.74) is 5.55. The average molecular weight is 262 g/mol. The van der Waals surface area contributed by atoms with Crippen molar-refractivity contribution in [3.63, 3.8) is 0 Å². The molecule has 0 saturated heterocycles. The number of rotatable bonds is 1. The number of phenolic OH excluding ortho intramolecular Hbond substituents is 2. The van der Waals surface area contributed by atoms with E-state index in [2.05, 4.69) is 15.9 Å². The summed E-state index contributed by atoms with van der Waals surface area (Å²) in [6.07, 6.45) is 1.44. The van der Waals surface area contributed by atoms with E-state index in [0.29, 0.717) is 5.56 Å². The average Bonchev–Trinajstić information content (AvgIpc) is 2.87. The Morgan fingerprint density at radius 1 is 1.36 bits per heavy atom. The minimum Gasteiger partial charge on any atom is -0.506 e. The maximum atomic E-state index is 13.1. The molecule has 3 nitrogen and oxygen atoms in total. The zero-order valence-electron chi connectivity index (χ0n) is 7.22. The highest BCUT2D eigenvalue weighted by Crippen LogP contribution is 2.50. The molecule has 0 atom stereocenters. The molecule has 0 bridgehead atoms. The van der Waals surface area contributed by atoms with E-state index >= 15 is 0 Å². The van der Waals surface area contributed by atoms with E-state index in [9.17, 15) is 14.6 Å². The molecule has 2 rings (SSSR count). The summed E-state index contributed by atoms with van der Waals surface area (Å²) >= 11 is 2.91. The van der Waals surface area contributed by atoms with Crippen molar-refractivity contribution in [3.05, 3.63) is 21.9 Å². The Morgan fingerprint density at radius 2 is 1.93 bits per heavy atom. The summed E-state index contributed by atoms with van der Waals surface area (Å²) in [5.74, 6) is -1.54. The van der Waals surface area contributed by atoms with Crippen molar-refractivity contribution in [2.24, 2.45) is 5.73 Å². The van der Waals surface area contributed by atoms with Crippen molar-refractivity contribution < 1.29 is 14.6 Å². The molecule has 14 heavy (non-hydrogen) atoms. The SMILES string of the molecule is NC1(c2cc(F)c(O)c(Br)c2O)CC1. The quantitative estimate of drug-likeness (QED) is 0.724. The molecule has 1 saturated carbocycles. The lowest BCUT2D eigenvalue weighted by atomic mass is 10.0. The van der Waals surface area contributed by atoms with Crippen LogP contribution in [0.5, 0.6) is 11.5 Å². The molecule has 5 heteroatoms. The Morgan fingerprint density at radius 3 is 2.43 bits per heavy atom. The Hall–Kier alpha value is -0.810. The van der Waals surface area contributed by atoms with E-state index in [1.165, 1.54) is 0 Å². The Labute approximate surface area is 88.5 Å². The first-order chi connectivity index (χ1) is 6.46. The van der Waals surface area contributed by atoms with Crippen molar-refractivity contribution in [1.82, 2.24) is 0 Å². The standard InChI is InChI=1S/C9H9BrFNO2/c10-6-7(13)4(9(12)1-2-9)3-5(11)8(6)14/h3,13-14H,1-2,12H2. The number of aromatic hydroxyl groups is 2. The molecule has 1 aliphatic carbocycles. The number of phenols is 2. The lowest BCUT2D eigenvalue weighted by molar-refractivity contribution is 0.407. The van der Waals surface area contributed by atoms with E-state index in [4.69, 9.17) is 5.73 Å². The van der Waals surface area contributed by atoms with Crippen molar-refractivity contribution in [1.29, 1.82) is 0 Å². The zero-order chi connectivity index (χ0) is 10.5. The van der Waals surface area contributed by atoms with Crippen LogP contribution in [0.25, 0.3) is 0 Å². The van der Waals surface area contributed by atoms with Crippen LogP contribution in [0.3, 0.4) is 0 Å². The van der Waals surface area contributed by atoms with Gasteiger partial charge in [0.2, 0.25) is 0 Å². The first-order valence-electron chi connectivity index (χ1n) is 4.15. The van der Waals surface area contributed by atoms with Gasteiger partial charge in [-0.3, -0.25) is 0 Å². The molecule has 0 aliphatic heterocycles. The summed E-state index contributed by atoms with van der Waals surface area (Å²) in [4.78, 5) is 0. The Balaban J connectivity index is 2.62. The van der Waals surface area contributed by atoms with E-state index < -0.39 is 17.1 Å². The van der Waals surface area contributed by atoms with Crippen LogP contribution >= 0.6 is 15.9 Å². The first-order valence-corrected chi connectivity index (χ1v) is 4.94. The highest BCUT2D eigenvalue weighted by Gasteiger charge is 2.43. The molecule has 1 aromatic carbocycles. The molecule has 1 fully saturated rings. The van der Waals surface area contributed by atoms with Crippen molar-refractivity contribution in [2.45, 2.75) is 18.4 Å². The highest BCUT2D eigenvalue weighted by molar-refractivity contribution is 9.10. The third-order valence-electron chi connectivity index (χ3n) is 2.49. The maximum absolute atomic E-state index is 13.1. The summed E-state index contributed by atoms with van der Waals surface area (Å²) < 4.78 is 13.1. The molecular formula is C9H9BrFNO2. The lowest BCUT2D eigenvalue weighted by Gasteiger charge is -2.13. The number of hydrogen-bond acceptors (Lipinski definition) is 3. The molecular weight excluding hydrogens is 253 g/mol. The lowest BCUT2D eigenvalue weighted by Crippen LogP contribution is -2.19. The van der Waals surface area contributed by atoms with Crippen molar-refractivity contribution >= 4 is 15.9 Å². The monoisotopic (exact) mass is 261 g/mol. The van der Waals surface area contributed by atoms with E-state index in [-0.39, 0.29) is 10.2 Å². The topological polar surface area (TPSA) is 66.5 Å². The number of benzene rings is 1. The van der Waals surface area contributed by atoms with Gasteiger partial charge in [-0.05, 0) is 34.8 Å². The molecule has 76 valence electrons. The summed E-state index contributed by atoms with van der Waals surface area (Å²) in [6, 6.07) is 1.09. The summed E-state index contributed by atoms with van der Waals surface area (Å²) in [7, 11) is 0. The molecule has 0 aromatic heterocycles. The second kappa shape index (κ2) is 2.84. The van der Waals surface area contributed by atoms with Gasteiger partial charge in [0, 0.05) is 11.1 Å². The Bertz CT molecular complexity index is 404. The fourth-order valence-electron chi connectivity index (χ4n) is 1.38. The third-order valence-corrected chi connectivity index (χ3v) is 3.24. The summed E-state index contributed by atoms with van der Waals surface area (Å²) in [5, 5.41) is 18.8. The fraction of sp³-hybridized carbons (Fsp3) is 0.333. The van der Waals surface area contributed by atoms with Crippen molar-refractivity contribution in [2.75, 3.05) is 0 Å². The minimum atomic E-state index is -0.776. The van der Waals surface area contributed by atoms with E-state index in [0.717, 1.165) is 18.9 Å². The molecule has 0 spiro atoms. The van der Waals surface area contributed by atoms with Gasteiger partial charge >= 0.3 is 0 Å². The van der Waals surface area contributed by atoms with Gasteiger partial charge in [0.15, 0.2) is 11.6 Å². The van der Waals surface area contributed by atoms with Crippen LogP contribution in [0.2, 0.25) is 0 Å². The fourth-order valence-corrected chi connectivity index (χ4v) is 1.79. The van der Waals surface area contributed by atoms with Crippen LogP contribution in [0.1, 0.15) is 18.4 Å². The second-order valence-electron chi connectivity index (χ2n) is 3.57. The molecule has 0 unspecified atom stereocenters. The molecule has 0 heterocycles. The van der Waals surface area contributed by atoms with Crippen LogP contribution in [-0.4, -0.2) is 10.2 Å². The first kappa shape index (κ1) is 9.73. The third kappa shape index (κ3) is 1.27. The predicted octanol–water partition coefficient (Wildman–Crippen LogP) is 1.95. The van der Waals surface area contributed by atoms with Crippen LogP contribution < -0.4 is 5.73 Å². The van der Waals surface area contributed by atoms with Crippen LogP contribution in [0.4, 0.5) is 4.39 Å². The zero-order valence-corrected chi connectivity index (χ0v) is 8.81. The van der Waals surface area contributed by atoms with Crippen molar-refractivity contribution in [3.8, 4) is 11.5 Å². The van der Waals surface area contributed by atoms with Gasteiger partial charge in [0.05, 0.1) is 0 Å². The normalized spacial score (nSPS) is 18.2. The van der Waals surface area contributed by atoms with Gasteiger partial charge in [0.1, 0.15) is 10.2 Å². The van der Waals surface area contributed by atoms with Gasteiger partial charge < -0.3 is 15.9 Å². The summed E-state index contributed by atoms with van der Waals surface area (Å²) in [6.45, 7) is 0. The van der Waals surface area contributed by atoms with Crippen LogP contribution in [0.15, 0.2) is 10.5 Å².